The van der Waals surface area contributed by atoms with Crippen LogP contribution >= 0.6 is 0 Å². The zero-order valence-corrected chi connectivity index (χ0v) is 8.69. The van der Waals surface area contributed by atoms with Crippen molar-refractivity contribution in [1.29, 1.82) is 5.26 Å². The molecule has 1 rings (SSSR count). The highest BCUT2D eigenvalue weighted by Crippen LogP contribution is 2.11. The van der Waals surface area contributed by atoms with Crippen LogP contribution in [0.1, 0.15) is 17.3 Å². The molecule has 16 heavy (non-hydrogen) atoms. The van der Waals surface area contributed by atoms with E-state index in [0.717, 1.165) is 0 Å². The van der Waals surface area contributed by atoms with E-state index in [1.807, 2.05) is 0 Å². The van der Waals surface area contributed by atoms with Gasteiger partial charge in [-0.25, -0.2) is 4.79 Å². The van der Waals surface area contributed by atoms with E-state index in [1.54, 1.807) is 24.3 Å². The second-order valence-electron chi connectivity index (χ2n) is 3.00. The smallest absolute Gasteiger partial charge is 0.339 e. The van der Waals surface area contributed by atoms with Crippen LogP contribution in [0.3, 0.4) is 0 Å². The van der Waals surface area contributed by atoms with Gasteiger partial charge in [0.25, 0.3) is 0 Å². The van der Waals surface area contributed by atoms with Gasteiger partial charge in [-0.15, -0.1) is 0 Å². The van der Waals surface area contributed by atoms with Gasteiger partial charge in [-0.3, -0.25) is 4.79 Å². The van der Waals surface area contributed by atoms with E-state index in [1.165, 1.54) is 13.0 Å². The fraction of sp³-hybridized carbons (Fsp3) is 0.182. The predicted octanol–water partition coefficient (Wildman–Crippen LogP) is 1.33. The fourth-order valence-electron chi connectivity index (χ4n) is 1.11. The quantitative estimate of drug-likeness (QED) is 0.776. The van der Waals surface area contributed by atoms with Crippen LogP contribution in [-0.2, 0) is 9.53 Å². The Kier molecular flexibility index (Phi) is 4.04. The Morgan fingerprint density at radius 1 is 1.50 bits per heavy atom. The van der Waals surface area contributed by atoms with Crippen molar-refractivity contribution in [3.8, 4) is 6.07 Å². The van der Waals surface area contributed by atoms with Crippen molar-refractivity contribution >= 4 is 17.6 Å². The number of hydrogen-bond acceptors (Lipinski definition) is 4. The summed E-state index contributed by atoms with van der Waals surface area (Å²) < 4.78 is 4.62. The lowest BCUT2D eigenvalue weighted by Gasteiger charge is -2.04. The molecule has 0 heterocycles. The standard InChI is InChI=1S/C11H10N2O3/c1-8(14)13-10-4-2-3-9(7-10)11(15)16-6-5-12/h2-4,7H,6H2,1H3,(H,13,14). The summed E-state index contributed by atoms with van der Waals surface area (Å²) in [4.78, 5) is 22.2. The van der Waals surface area contributed by atoms with Crippen LogP contribution in [0.5, 0.6) is 0 Å². The van der Waals surface area contributed by atoms with Crippen molar-refractivity contribution < 1.29 is 14.3 Å². The topological polar surface area (TPSA) is 79.2 Å². The third kappa shape index (κ3) is 3.42. The number of benzene rings is 1. The number of anilines is 1. The maximum atomic E-state index is 11.4. The molecule has 5 nitrogen and oxygen atoms in total. The normalized spacial score (nSPS) is 9.00. The first kappa shape index (κ1) is 11.7. The molecule has 0 atom stereocenters. The Morgan fingerprint density at radius 3 is 2.88 bits per heavy atom. The largest absolute Gasteiger partial charge is 0.447 e. The maximum Gasteiger partial charge on any atom is 0.339 e. The molecule has 0 aliphatic carbocycles. The van der Waals surface area contributed by atoms with E-state index in [2.05, 4.69) is 10.1 Å². The van der Waals surface area contributed by atoms with Crippen LogP contribution in [0, 0.1) is 11.3 Å². The number of rotatable bonds is 3. The van der Waals surface area contributed by atoms with E-state index in [9.17, 15) is 9.59 Å². The number of nitrogens with zero attached hydrogens (tertiary/aromatic N) is 1. The van der Waals surface area contributed by atoms with Crippen LogP contribution in [-0.4, -0.2) is 18.5 Å². The van der Waals surface area contributed by atoms with Gasteiger partial charge in [0.2, 0.25) is 5.91 Å². The lowest BCUT2D eigenvalue weighted by Crippen LogP contribution is -2.08. The molecule has 1 aromatic carbocycles. The third-order valence-electron chi connectivity index (χ3n) is 1.69. The molecule has 0 saturated heterocycles. The molecule has 0 spiro atoms. The Labute approximate surface area is 92.6 Å². The van der Waals surface area contributed by atoms with E-state index in [0.29, 0.717) is 11.3 Å². The van der Waals surface area contributed by atoms with Crippen molar-refractivity contribution in [2.75, 3.05) is 11.9 Å². The first-order valence-corrected chi connectivity index (χ1v) is 4.55. The fourth-order valence-corrected chi connectivity index (χ4v) is 1.11. The minimum atomic E-state index is -0.589. The Hall–Kier alpha value is -2.35. The van der Waals surface area contributed by atoms with Crippen molar-refractivity contribution in [3.63, 3.8) is 0 Å². The molecule has 0 fully saturated rings. The van der Waals surface area contributed by atoms with Gasteiger partial charge in [0, 0.05) is 12.6 Å². The minimum absolute atomic E-state index is 0.220. The molecule has 1 amide bonds. The second-order valence-corrected chi connectivity index (χ2v) is 3.00. The average Bonchev–Trinajstić information content (AvgIpc) is 2.25. The van der Waals surface area contributed by atoms with Gasteiger partial charge < -0.3 is 10.1 Å². The van der Waals surface area contributed by atoms with E-state index >= 15 is 0 Å². The zero-order valence-electron chi connectivity index (χ0n) is 8.69. The van der Waals surface area contributed by atoms with Crippen molar-refractivity contribution in [3.05, 3.63) is 29.8 Å². The first-order chi connectivity index (χ1) is 7.63. The van der Waals surface area contributed by atoms with Crippen LogP contribution in [0.15, 0.2) is 24.3 Å². The maximum absolute atomic E-state index is 11.4. The molecule has 0 aromatic heterocycles. The van der Waals surface area contributed by atoms with Gasteiger partial charge in [-0.1, -0.05) is 6.07 Å². The summed E-state index contributed by atoms with van der Waals surface area (Å²) in [6.07, 6.45) is 0. The van der Waals surface area contributed by atoms with Crippen LogP contribution < -0.4 is 5.32 Å². The number of hydrogen-bond donors (Lipinski definition) is 1. The Bertz CT molecular complexity index is 449. The number of carbonyl (C=O) groups is 2. The Balaban J connectivity index is 2.78. The number of nitrogens with one attached hydrogen (secondary N) is 1. The van der Waals surface area contributed by atoms with Crippen LogP contribution in [0.4, 0.5) is 5.69 Å². The van der Waals surface area contributed by atoms with E-state index in [4.69, 9.17) is 5.26 Å². The first-order valence-electron chi connectivity index (χ1n) is 4.55. The monoisotopic (exact) mass is 218 g/mol. The molecular weight excluding hydrogens is 208 g/mol. The lowest BCUT2D eigenvalue weighted by atomic mass is 10.2. The molecule has 1 N–H and O–H groups in total. The molecule has 5 heteroatoms. The van der Waals surface area contributed by atoms with Gasteiger partial charge in [-0.05, 0) is 18.2 Å². The molecule has 82 valence electrons. The molecule has 0 aliphatic heterocycles. The SMILES string of the molecule is CC(=O)Nc1cccc(C(=O)OCC#N)c1. The van der Waals surface area contributed by atoms with Gasteiger partial charge in [0.05, 0.1) is 5.56 Å². The molecule has 0 radical (unpaired) electrons. The third-order valence-corrected chi connectivity index (χ3v) is 1.69. The molecule has 0 aliphatic rings. The van der Waals surface area contributed by atoms with Gasteiger partial charge >= 0.3 is 5.97 Å². The number of carbonyl (C=O) groups excluding carboxylic acids is 2. The molecule has 0 unspecified atom stereocenters. The molecule has 0 bridgehead atoms. The second kappa shape index (κ2) is 5.51. The van der Waals surface area contributed by atoms with Gasteiger partial charge in [0.15, 0.2) is 6.61 Å². The number of nitriles is 1. The minimum Gasteiger partial charge on any atom is -0.447 e. The number of amides is 1. The summed E-state index contributed by atoms with van der Waals surface area (Å²) in [5.41, 5.74) is 0.806. The summed E-state index contributed by atoms with van der Waals surface area (Å²) >= 11 is 0. The predicted molar refractivity (Wildman–Crippen MR) is 56.6 cm³/mol. The van der Waals surface area contributed by atoms with Crippen molar-refractivity contribution in [2.24, 2.45) is 0 Å². The Morgan fingerprint density at radius 2 is 2.25 bits per heavy atom. The highest BCUT2D eigenvalue weighted by molar-refractivity contribution is 5.93. The highest BCUT2D eigenvalue weighted by atomic mass is 16.5. The summed E-state index contributed by atoms with van der Waals surface area (Å²) in [6.45, 7) is 1.09. The van der Waals surface area contributed by atoms with Crippen molar-refractivity contribution in [1.82, 2.24) is 0 Å². The van der Waals surface area contributed by atoms with Crippen LogP contribution in [0.2, 0.25) is 0 Å². The summed E-state index contributed by atoms with van der Waals surface area (Å²) in [5, 5.41) is 10.8. The number of ether oxygens (including phenoxy) is 1. The highest BCUT2D eigenvalue weighted by Gasteiger charge is 2.07. The van der Waals surface area contributed by atoms with E-state index < -0.39 is 5.97 Å². The molecular formula is C11H10N2O3. The molecule has 1 aromatic rings. The number of esters is 1. The lowest BCUT2D eigenvalue weighted by molar-refractivity contribution is -0.114. The van der Waals surface area contributed by atoms with E-state index in [-0.39, 0.29) is 12.5 Å². The van der Waals surface area contributed by atoms with Gasteiger partial charge in [-0.2, -0.15) is 5.26 Å². The summed E-state index contributed by atoms with van der Waals surface area (Å²) in [7, 11) is 0. The average molecular weight is 218 g/mol. The van der Waals surface area contributed by atoms with Crippen molar-refractivity contribution in [2.45, 2.75) is 6.92 Å². The molecule has 0 saturated carbocycles. The summed E-state index contributed by atoms with van der Waals surface area (Å²) in [6, 6.07) is 8.01. The zero-order chi connectivity index (χ0) is 12.0. The summed E-state index contributed by atoms with van der Waals surface area (Å²) in [5.74, 6) is -0.809. The van der Waals surface area contributed by atoms with Crippen LogP contribution in [0.25, 0.3) is 0 Å². The van der Waals surface area contributed by atoms with Gasteiger partial charge in [0.1, 0.15) is 6.07 Å².